The second-order valence-electron chi connectivity index (χ2n) is 8.18. The summed E-state index contributed by atoms with van der Waals surface area (Å²) in [5.74, 6) is 2.12. The molecule has 5 rings (SSSR count). The van der Waals surface area contributed by atoms with Crippen LogP contribution in [-0.2, 0) is 4.74 Å². The molecule has 6 atom stereocenters. The van der Waals surface area contributed by atoms with Crippen molar-refractivity contribution in [3.05, 3.63) is 21.8 Å². The lowest BCUT2D eigenvalue weighted by atomic mass is 9.76. The van der Waals surface area contributed by atoms with Crippen molar-refractivity contribution in [1.29, 1.82) is 0 Å². The minimum atomic E-state index is -1.94. The molecule has 0 saturated carbocycles. The molecule has 0 spiro atoms. The number of hydrogen-bond donors (Lipinski definition) is 2. The van der Waals surface area contributed by atoms with E-state index in [-0.39, 0.29) is 6.23 Å². The van der Waals surface area contributed by atoms with Gasteiger partial charge in [-0.25, -0.2) is 0 Å². The number of thioether (sulfide) groups is 1. The standard InChI is InChI=1S/C20H30N2OS/c1-11-6-7-15-14-4-3-5-16(19(14)23-20(15)22-11)17-9-18-13(10-21-17)8-12(2)24-18/h11-12,14-15,17,20-22H,3-10H2,1-2H3/t11-,12+,14?,15?,17-,20?/m1/s1/i1D3. The van der Waals surface area contributed by atoms with Crippen molar-refractivity contribution in [1.82, 2.24) is 10.6 Å². The Morgan fingerprint density at radius 3 is 3.12 bits per heavy atom. The van der Waals surface area contributed by atoms with Crippen LogP contribution < -0.4 is 10.6 Å². The Labute approximate surface area is 154 Å². The van der Waals surface area contributed by atoms with Crippen LogP contribution in [0.25, 0.3) is 0 Å². The summed E-state index contributed by atoms with van der Waals surface area (Å²) in [6.45, 7) is 1.41. The van der Waals surface area contributed by atoms with Crippen molar-refractivity contribution in [2.24, 2.45) is 11.8 Å². The number of allylic oxidation sites excluding steroid dienone is 1. The van der Waals surface area contributed by atoms with Crippen LogP contribution in [0.15, 0.2) is 21.8 Å². The molecule has 5 aliphatic rings. The van der Waals surface area contributed by atoms with Crippen LogP contribution in [0.1, 0.15) is 62.8 Å². The fourth-order valence-corrected chi connectivity index (χ4v) is 6.81. The second-order valence-corrected chi connectivity index (χ2v) is 9.72. The fraction of sp³-hybridized carbons (Fsp3) is 0.800. The van der Waals surface area contributed by atoms with Gasteiger partial charge in [-0.15, -0.1) is 11.8 Å². The predicted octanol–water partition coefficient (Wildman–Crippen LogP) is 3.93. The zero-order chi connectivity index (χ0) is 18.8. The van der Waals surface area contributed by atoms with Crippen LogP contribution in [0.5, 0.6) is 0 Å². The Bertz CT molecular complexity index is 689. The molecule has 3 nitrogen and oxygen atoms in total. The lowest BCUT2D eigenvalue weighted by Gasteiger charge is -2.33. The Morgan fingerprint density at radius 2 is 2.21 bits per heavy atom. The van der Waals surface area contributed by atoms with Gasteiger partial charge in [0.05, 0.1) is 0 Å². The molecular formula is C20H30N2OS. The van der Waals surface area contributed by atoms with Crippen molar-refractivity contribution in [2.75, 3.05) is 6.54 Å². The number of nitrogens with one attached hydrogen (secondary N) is 2. The summed E-state index contributed by atoms with van der Waals surface area (Å²) in [5, 5.41) is 7.83. The maximum absolute atomic E-state index is 7.75. The van der Waals surface area contributed by atoms with E-state index < -0.39 is 12.9 Å². The van der Waals surface area contributed by atoms with Gasteiger partial charge >= 0.3 is 0 Å². The van der Waals surface area contributed by atoms with Gasteiger partial charge in [-0.3, -0.25) is 5.32 Å². The highest BCUT2D eigenvalue weighted by atomic mass is 32.2. The zero-order valence-corrected chi connectivity index (χ0v) is 15.3. The van der Waals surface area contributed by atoms with Gasteiger partial charge in [0.1, 0.15) is 5.76 Å². The summed E-state index contributed by atoms with van der Waals surface area (Å²) >= 11 is 2.07. The number of piperidine rings is 1. The summed E-state index contributed by atoms with van der Waals surface area (Å²) < 4.78 is 29.7. The molecule has 4 heteroatoms. The minimum absolute atomic E-state index is 0.114. The quantitative estimate of drug-likeness (QED) is 0.751. The van der Waals surface area contributed by atoms with E-state index >= 15 is 0 Å². The lowest BCUT2D eigenvalue weighted by Crippen LogP contribution is -2.45. The van der Waals surface area contributed by atoms with Gasteiger partial charge in [0, 0.05) is 39.8 Å². The first-order valence-corrected chi connectivity index (χ1v) is 10.5. The summed E-state index contributed by atoms with van der Waals surface area (Å²) in [5.41, 5.74) is 3.09. The highest BCUT2D eigenvalue weighted by Crippen LogP contribution is 2.49. The molecule has 4 heterocycles. The van der Waals surface area contributed by atoms with Crippen molar-refractivity contribution in [3.8, 4) is 0 Å². The molecule has 0 aromatic heterocycles. The lowest BCUT2D eigenvalue weighted by molar-refractivity contribution is 0.0575. The van der Waals surface area contributed by atoms with Crippen LogP contribution in [0.4, 0.5) is 0 Å². The van der Waals surface area contributed by atoms with Gasteiger partial charge in [-0.1, -0.05) is 6.92 Å². The molecule has 2 N–H and O–H groups in total. The zero-order valence-electron chi connectivity index (χ0n) is 17.4. The van der Waals surface area contributed by atoms with Gasteiger partial charge in [0.15, 0.2) is 6.23 Å². The van der Waals surface area contributed by atoms with Crippen molar-refractivity contribution < 1.29 is 8.85 Å². The number of rotatable bonds is 1. The number of hydrogen-bond acceptors (Lipinski definition) is 4. The van der Waals surface area contributed by atoms with Crippen LogP contribution >= 0.6 is 11.8 Å². The normalized spacial score (nSPS) is 47.3. The van der Waals surface area contributed by atoms with Crippen molar-refractivity contribution in [2.45, 2.75) is 82.3 Å². The van der Waals surface area contributed by atoms with Gasteiger partial charge in [-0.05, 0) is 67.8 Å². The molecule has 132 valence electrons. The highest BCUT2D eigenvalue weighted by molar-refractivity contribution is 8.03. The SMILES string of the molecule is [2H]C([2H])([2H])[C@@H]1CCC2C(N1)OC1=C([C@H]3CC4=C(CN3)C[C@H](C)S4)CCCC12. The number of ether oxygens (including phenoxy) is 1. The van der Waals surface area contributed by atoms with Crippen molar-refractivity contribution in [3.63, 3.8) is 0 Å². The fourth-order valence-electron chi connectivity index (χ4n) is 5.45. The molecule has 4 aliphatic heterocycles. The van der Waals surface area contributed by atoms with E-state index in [1.807, 2.05) is 0 Å². The van der Waals surface area contributed by atoms with Gasteiger partial charge in [-0.2, -0.15) is 0 Å². The maximum Gasteiger partial charge on any atom is 0.153 e. The Balaban J connectivity index is 1.37. The molecular weight excluding hydrogens is 316 g/mol. The summed E-state index contributed by atoms with van der Waals surface area (Å²) in [7, 11) is 0. The Kier molecular flexibility index (Phi) is 3.24. The van der Waals surface area contributed by atoms with Crippen LogP contribution in [0.2, 0.25) is 0 Å². The van der Waals surface area contributed by atoms with Crippen LogP contribution in [-0.4, -0.2) is 30.1 Å². The molecule has 24 heavy (non-hydrogen) atoms. The summed E-state index contributed by atoms with van der Waals surface area (Å²) in [6.07, 6.45) is 7.45. The molecule has 0 bridgehead atoms. The molecule has 0 amide bonds. The van der Waals surface area contributed by atoms with Gasteiger partial charge in [0.2, 0.25) is 0 Å². The molecule has 2 fully saturated rings. The van der Waals surface area contributed by atoms with E-state index in [9.17, 15) is 0 Å². The highest BCUT2D eigenvalue weighted by Gasteiger charge is 2.47. The molecule has 0 aromatic rings. The van der Waals surface area contributed by atoms with E-state index in [1.165, 1.54) is 30.6 Å². The van der Waals surface area contributed by atoms with Gasteiger partial charge in [0.25, 0.3) is 0 Å². The molecule has 0 radical (unpaired) electrons. The van der Waals surface area contributed by atoms with Gasteiger partial charge < -0.3 is 10.1 Å². The average molecular weight is 350 g/mol. The average Bonchev–Trinajstić information content (AvgIpc) is 3.18. The summed E-state index contributed by atoms with van der Waals surface area (Å²) in [4.78, 5) is 1.61. The third-order valence-electron chi connectivity index (χ3n) is 6.57. The van der Waals surface area contributed by atoms with E-state index in [2.05, 4.69) is 29.3 Å². The maximum atomic E-state index is 7.75. The van der Waals surface area contributed by atoms with Crippen LogP contribution in [0, 0.1) is 11.8 Å². The third kappa shape index (κ3) is 2.57. The van der Waals surface area contributed by atoms with Crippen LogP contribution in [0.3, 0.4) is 0 Å². The Morgan fingerprint density at radius 1 is 1.25 bits per heavy atom. The first-order chi connectivity index (χ1) is 12.9. The topological polar surface area (TPSA) is 33.3 Å². The molecule has 0 aromatic carbocycles. The summed E-state index contributed by atoms with van der Waals surface area (Å²) in [6, 6.07) is -0.0298. The van der Waals surface area contributed by atoms with E-state index in [0.29, 0.717) is 17.9 Å². The number of fused-ring (bicyclic) bond motifs is 3. The smallest absolute Gasteiger partial charge is 0.153 e. The largest absolute Gasteiger partial charge is 0.479 e. The molecule has 2 saturated heterocycles. The first kappa shape index (κ1) is 12.8. The molecule has 1 aliphatic carbocycles. The third-order valence-corrected chi connectivity index (χ3v) is 7.88. The minimum Gasteiger partial charge on any atom is -0.479 e. The predicted molar refractivity (Wildman–Crippen MR) is 99.7 cm³/mol. The van der Waals surface area contributed by atoms with E-state index in [0.717, 1.165) is 37.5 Å². The first-order valence-electron chi connectivity index (χ1n) is 11.2. The second kappa shape index (κ2) is 6.07. The molecule has 3 unspecified atom stereocenters. The Hall–Kier alpha value is -0.450. The monoisotopic (exact) mass is 349 g/mol. The van der Waals surface area contributed by atoms with E-state index in [1.54, 1.807) is 10.5 Å². The van der Waals surface area contributed by atoms with Crippen molar-refractivity contribution >= 4 is 11.8 Å². The van der Waals surface area contributed by atoms with E-state index in [4.69, 9.17) is 8.85 Å².